The first kappa shape index (κ1) is 15.4. The fourth-order valence-corrected chi connectivity index (χ4v) is 3.36. The third kappa shape index (κ3) is 3.08. The molecule has 5 nitrogen and oxygen atoms in total. The lowest BCUT2D eigenvalue weighted by Crippen LogP contribution is -2.41. The number of hydrogen-bond acceptors (Lipinski definition) is 4. The largest absolute Gasteiger partial charge is 0.440 e. The van der Waals surface area contributed by atoms with E-state index in [1.165, 1.54) is 0 Å². The summed E-state index contributed by atoms with van der Waals surface area (Å²) in [5.74, 6) is 1.22. The van der Waals surface area contributed by atoms with Crippen LogP contribution in [0.3, 0.4) is 0 Å². The van der Waals surface area contributed by atoms with Gasteiger partial charge in [-0.1, -0.05) is 31.0 Å². The molecule has 1 aromatic heterocycles. The maximum absolute atomic E-state index is 12.6. The van der Waals surface area contributed by atoms with Crippen molar-refractivity contribution in [2.45, 2.75) is 50.0 Å². The molecule has 2 fully saturated rings. The lowest BCUT2D eigenvalue weighted by atomic mass is 10.0. The van der Waals surface area contributed by atoms with E-state index in [1.807, 2.05) is 30.3 Å². The maximum atomic E-state index is 12.6. The van der Waals surface area contributed by atoms with Crippen molar-refractivity contribution in [1.82, 2.24) is 10.3 Å². The standard InChI is InChI=1S/C19H22N2O3/c22-17(20-12-19(23)10-4-5-11-19)15-16(13-8-9-13)24-18(21-15)14-6-2-1-3-7-14/h1-3,6-7,13,23H,4-5,8-12H2,(H,20,22). The summed E-state index contributed by atoms with van der Waals surface area (Å²) in [4.78, 5) is 17.0. The molecule has 0 aliphatic heterocycles. The minimum atomic E-state index is -0.763. The molecule has 2 aromatic rings. The second kappa shape index (κ2) is 6.06. The SMILES string of the molecule is O=C(NCC1(O)CCCC1)c1nc(-c2ccccc2)oc1C1CC1. The lowest BCUT2D eigenvalue weighted by Gasteiger charge is -2.22. The molecule has 2 aliphatic rings. The van der Waals surface area contributed by atoms with Crippen molar-refractivity contribution in [3.8, 4) is 11.5 Å². The summed E-state index contributed by atoms with van der Waals surface area (Å²) in [7, 11) is 0. The zero-order valence-electron chi connectivity index (χ0n) is 13.6. The van der Waals surface area contributed by atoms with Gasteiger partial charge in [-0.3, -0.25) is 4.79 Å². The molecule has 2 saturated carbocycles. The van der Waals surface area contributed by atoms with Crippen molar-refractivity contribution in [2.75, 3.05) is 6.54 Å². The fraction of sp³-hybridized carbons (Fsp3) is 0.474. The van der Waals surface area contributed by atoms with Crippen molar-refractivity contribution >= 4 is 5.91 Å². The number of hydrogen-bond donors (Lipinski definition) is 2. The number of oxazole rings is 1. The predicted octanol–water partition coefficient (Wildman–Crippen LogP) is 3.25. The predicted molar refractivity (Wildman–Crippen MR) is 89.7 cm³/mol. The number of aromatic nitrogens is 1. The van der Waals surface area contributed by atoms with Gasteiger partial charge in [0.05, 0.1) is 5.60 Å². The summed E-state index contributed by atoms with van der Waals surface area (Å²) in [5.41, 5.74) is 0.479. The van der Waals surface area contributed by atoms with Gasteiger partial charge in [-0.25, -0.2) is 4.98 Å². The second-order valence-electron chi connectivity index (χ2n) is 6.99. The molecule has 0 spiro atoms. The molecule has 0 saturated heterocycles. The van der Waals surface area contributed by atoms with E-state index in [1.54, 1.807) is 0 Å². The van der Waals surface area contributed by atoms with Gasteiger partial charge in [0.2, 0.25) is 5.89 Å². The Morgan fingerprint density at radius 1 is 1.25 bits per heavy atom. The van der Waals surface area contributed by atoms with Crippen LogP contribution in [0.25, 0.3) is 11.5 Å². The molecule has 1 aromatic carbocycles. The Bertz CT molecular complexity index is 728. The van der Waals surface area contributed by atoms with Crippen LogP contribution >= 0.6 is 0 Å². The molecule has 2 aliphatic carbocycles. The molecule has 0 atom stereocenters. The highest BCUT2D eigenvalue weighted by molar-refractivity contribution is 5.94. The van der Waals surface area contributed by atoms with E-state index in [2.05, 4.69) is 10.3 Å². The Morgan fingerprint density at radius 3 is 2.62 bits per heavy atom. The highest BCUT2D eigenvalue weighted by Crippen LogP contribution is 2.43. The zero-order valence-corrected chi connectivity index (χ0v) is 13.6. The Kier molecular flexibility index (Phi) is 3.88. The Labute approximate surface area is 141 Å². The van der Waals surface area contributed by atoms with Crippen molar-refractivity contribution in [3.63, 3.8) is 0 Å². The van der Waals surface area contributed by atoms with E-state index in [9.17, 15) is 9.90 Å². The van der Waals surface area contributed by atoms with Crippen LogP contribution in [0.5, 0.6) is 0 Å². The minimum Gasteiger partial charge on any atom is -0.440 e. The summed E-state index contributed by atoms with van der Waals surface area (Å²) in [6.07, 6.45) is 5.60. The van der Waals surface area contributed by atoms with Gasteiger partial charge in [0.1, 0.15) is 5.76 Å². The molecule has 1 heterocycles. The van der Waals surface area contributed by atoms with Gasteiger partial charge in [-0.15, -0.1) is 0 Å². The van der Waals surface area contributed by atoms with Crippen LogP contribution in [0.15, 0.2) is 34.7 Å². The van der Waals surface area contributed by atoms with Gasteiger partial charge in [0, 0.05) is 18.0 Å². The van der Waals surface area contributed by atoms with Crippen molar-refractivity contribution in [3.05, 3.63) is 41.8 Å². The van der Waals surface area contributed by atoms with Crippen molar-refractivity contribution in [2.24, 2.45) is 0 Å². The number of nitrogens with one attached hydrogen (secondary N) is 1. The molecule has 0 unspecified atom stereocenters. The van der Waals surface area contributed by atoms with Crippen LogP contribution in [0.1, 0.15) is 60.7 Å². The van der Waals surface area contributed by atoms with E-state index in [-0.39, 0.29) is 12.5 Å². The lowest BCUT2D eigenvalue weighted by molar-refractivity contribution is 0.0448. The first-order valence-corrected chi connectivity index (χ1v) is 8.71. The molecule has 4 rings (SSSR count). The van der Waals surface area contributed by atoms with Gasteiger partial charge in [0.25, 0.3) is 5.91 Å². The fourth-order valence-electron chi connectivity index (χ4n) is 3.36. The quantitative estimate of drug-likeness (QED) is 0.884. The van der Waals surface area contributed by atoms with Gasteiger partial charge < -0.3 is 14.8 Å². The maximum Gasteiger partial charge on any atom is 0.273 e. The number of rotatable bonds is 5. The number of benzene rings is 1. The number of carbonyl (C=O) groups excluding carboxylic acids is 1. The van der Waals surface area contributed by atoms with E-state index < -0.39 is 5.60 Å². The van der Waals surface area contributed by atoms with Crippen molar-refractivity contribution < 1.29 is 14.3 Å². The van der Waals surface area contributed by atoms with Crippen LogP contribution in [-0.4, -0.2) is 28.1 Å². The smallest absolute Gasteiger partial charge is 0.273 e. The molecule has 0 radical (unpaired) electrons. The molecule has 0 bridgehead atoms. The first-order chi connectivity index (χ1) is 11.6. The average molecular weight is 326 g/mol. The van der Waals surface area contributed by atoms with Gasteiger partial charge in [0.15, 0.2) is 5.69 Å². The van der Waals surface area contributed by atoms with Crippen molar-refractivity contribution in [1.29, 1.82) is 0 Å². The Morgan fingerprint density at radius 2 is 1.96 bits per heavy atom. The summed E-state index contributed by atoms with van der Waals surface area (Å²) >= 11 is 0. The van der Waals surface area contributed by atoms with Crippen LogP contribution in [0, 0.1) is 0 Å². The summed E-state index contributed by atoms with van der Waals surface area (Å²) < 4.78 is 5.91. The number of amides is 1. The van der Waals surface area contributed by atoms with Gasteiger partial charge >= 0.3 is 0 Å². The molecule has 2 N–H and O–H groups in total. The van der Waals surface area contributed by atoms with Crippen LogP contribution < -0.4 is 5.32 Å². The number of aliphatic hydroxyl groups is 1. The molecule has 126 valence electrons. The van der Waals surface area contributed by atoms with E-state index in [0.717, 1.165) is 44.1 Å². The highest BCUT2D eigenvalue weighted by Gasteiger charge is 2.36. The summed E-state index contributed by atoms with van der Waals surface area (Å²) in [6.45, 7) is 0.281. The third-order valence-electron chi connectivity index (χ3n) is 4.95. The van der Waals surface area contributed by atoms with E-state index >= 15 is 0 Å². The number of carbonyl (C=O) groups is 1. The minimum absolute atomic E-state index is 0.247. The van der Waals surface area contributed by atoms with E-state index in [4.69, 9.17) is 4.42 Å². The van der Waals surface area contributed by atoms with Gasteiger partial charge in [-0.05, 0) is 37.8 Å². The van der Waals surface area contributed by atoms with Crippen LogP contribution in [-0.2, 0) is 0 Å². The zero-order chi connectivity index (χ0) is 16.6. The Hall–Kier alpha value is -2.14. The topological polar surface area (TPSA) is 75.4 Å². The summed E-state index contributed by atoms with van der Waals surface area (Å²) in [5, 5.41) is 13.3. The molecule has 24 heavy (non-hydrogen) atoms. The van der Waals surface area contributed by atoms with Gasteiger partial charge in [-0.2, -0.15) is 0 Å². The average Bonchev–Trinajstić information content (AvgIpc) is 3.20. The molecular weight excluding hydrogens is 304 g/mol. The van der Waals surface area contributed by atoms with E-state index in [0.29, 0.717) is 23.3 Å². The molecular formula is C19H22N2O3. The number of nitrogens with zero attached hydrogens (tertiary/aromatic N) is 1. The van der Waals surface area contributed by atoms with Crippen LogP contribution in [0.2, 0.25) is 0 Å². The Balaban J connectivity index is 1.55. The molecule has 5 heteroatoms. The monoisotopic (exact) mass is 326 g/mol. The summed E-state index contributed by atoms with van der Waals surface area (Å²) in [6, 6.07) is 9.62. The molecule has 1 amide bonds. The second-order valence-corrected chi connectivity index (χ2v) is 6.99. The first-order valence-electron chi connectivity index (χ1n) is 8.71. The normalized spacial score (nSPS) is 19.4. The third-order valence-corrected chi connectivity index (χ3v) is 4.95. The highest BCUT2D eigenvalue weighted by atomic mass is 16.4. The van der Waals surface area contributed by atoms with Crippen LogP contribution in [0.4, 0.5) is 0 Å².